The number of hydrogen-bond donors (Lipinski definition) is 1. The summed E-state index contributed by atoms with van der Waals surface area (Å²) in [5.41, 5.74) is 0.234. The summed E-state index contributed by atoms with van der Waals surface area (Å²) >= 11 is 0. The lowest BCUT2D eigenvalue weighted by atomic mass is 9.86. The first-order valence-electron chi connectivity index (χ1n) is 7.60. The van der Waals surface area contributed by atoms with E-state index in [1.807, 2.05) is 0 Å². The number of azo groups is 1. The van der Waals surface area contributed by atoms with Crippen molar-refractivity contribution < 1.29 is 28.6 Å². The molecule has 1 saturated heterocycles. The number of cyclic esters (lactones) is 1. The molecule has 2 aliphatic rings. The van der Waals surface area contributed by atoms with Crippen LogP contribution < -0.4 is 0 Å². The van der Waals surface area contributed by atoms with E-state index in [0.717, 1.165) is 0 Å². The van der Waals surface area contributed by atoms with Crippen molar-refractivity contribution in [3.63, 3.8) is 0 Å². The number of ether oxygens (including phenoxy) is 2. The van der Waals surface area contributed by atoms with Gasteiger partial charge in [0.25, 0.3) is 0 Å². The van der Waals surface area contributed by atoms with Crippen LogP contribution in [0.4, 0.5) is 4.39 Å². The first-order chi connectivity index (χ1) is 11.5. The summed E-state index contributed by atoms with van der Waals surface area (Å²) in [6, 6.07) is 7.24. The molecular weight excluding hydrogens is 319 g/mol. The highest BCUT2D eigenvalue weighted by molar-refractivity contribution is 5.76. The van der Waals surface area contributed by atoms with Gasteiger partial charge in [-0.1, -0.05) is 30.3 Å². The van der Waals surface area contributed by atoms with E-state index < -0.39 is 48.4 Å². The monoisotopic (exact) mass is 336 g/mol. The van der Waals surface area contributed by atoms with Crippen LogP contribution in [-0.2, 0) is 19.1 Å². The number of carbonyl (C=O) groups is 2. The number of halogens is 1. The van der Waals surface area contributed by atoms with Gasteiger partial charge in [-0.3, -0.25) is 9.59 Å². The summed E-state index contributed by atoms with van der Waals surface area (Å²) in [5.74, 6) is -1.93. The Hall–Kier alpha value is -2.35. The van der Waals surface area contributed by atoms with Gasteiger partial charge >= 0.3 is 11.9 Å². The molecule has 8 heteroatoms. The number of aliphatic hydroxyl groups excluding tert-OH is 1. The lowest BCUT2D eigenvalue weighted by Gasteiger charge is -2.38. The predicted molar refractivity (Wildman–Crippen MR) is 78.7 cm³/mol. The van der Waals surface area contributed by atoms with E-state index in [9.17, 15) is 19.1 Å². The molecule has 24 heavy (non-hydrogen) atoms. The average Bonchev–Trinajstić information content (AvgIpc) is 3.07. The van der Waals surface area contributed by atoms with Crippen LogP contribution in [0.15, 0.2) is 40.6 Å². The van der Waals surface area contributed by atoms with E-state index in [2.05, 4.69) is 10.2 Å². The van der Waals surface area contributed by atoms with E-state index in [1.54, 1.807) is 18.2 Å². The molecule has 0 unspecified atom stereocenters. The second-order valence-electron chi connectivity index (χ2n) is 5.82. The number of esters is 2. The lowest BCUT2D eigenvalue weighted by molar-refractivity contribution is -0.199. The second-order valence-corrected chi connectivity index (χ2v) is 5.82. The fourth-order valence-corrected chi connectivity index (χ4v) is 3.00. The molecule has 0 aliphatic carbocycles. The zero-order chi connectivity index (χ0) is 17.3. The molecule has 128 valence electrons. The largest absolute Gasteiger partial charge is 0.456 e. The summed E-state index contributed by atoms with van der Waals surface area (Å²) in [6.45, 7) is 1.31. The molecule has 1 aromatic rings. The van der Waals surface area contributed by atoms with Gasteiger partial charge in [0.15, 0.2) is 18.4 Å². The van der Waals surface area contributed by atoms with Crippen molar-refractivity contribution in [2.45, 2.75) is 37.4 Å². The van der Waals surface area contributed by atoms with E-state index in [0.29, 0.717) is 0 Å². The number of alkyl halides is 1. The van der Waals surface area contributed by atoms with Gasteiger partial charge in [-0.15, -0.1) is 0 Å². The molecule has 1 aromatic carbocycles. The minimum Gasteiger partial charge on any atom is -0.456 e. The predicted octanol–water partition coefficient (Wildman–Crippen LogP) is 1.37. The SMILES string of the molecule is CC(=O)O[C@H]1[C@H]2N=NC[C@H]2C(=O)O[C@H]1[C@@H](O)[C@H](F)c1ccccc1. The quantitative estimate of drug-likeness (QED) is 0.838. The third kappa shape index (κ3) is 3.01. The zero-order valence-electron chi connectivity index (χ0n) is 12.9. The minimum atomic E-state index is -1.81. The third-order valence-corrected chi connectivity index (χ3v) is 4.18. The van der Waals surface area contributed by atoms with Gasteiger partial charge in [0.2, 0.25) is 0 Å². The van der Waals surface area contributed by atoms with Crippen molar-refractivity contribution >= 4 is 11.9 Å². The normalized spacial score (nSPS) is 31.0. The van der Waals surface area contributed by atoms with Gasteiger partial charge in [-0.05, 0) is 5.56 Å². The molecule has 3 rings (SSSR count). The van der Waals surface area contributed by atoms with Crippen LogP contribution in [0.2, 0.25) is 0 Å². The number of aliphatic hydroxyl groups is 1. The molecule has 0 radical (unpaired) electrons. The summed E-state index contributed by atoms with van der Waals surface area (Å²) in [4.78, 5) is 23.4. The Balaban J connectivity index is 1.86. The fourth-order valence-electron chi connectivity index (χ4n) is 3.00. The molecule has 0 amide bonds. The number of benzene rings is 1. The lowest BCUT2D eigenvalue weighted by Crippen LogP contribution is -2.57. The molecule has 1 N–H and O–H groups in total. The van der Waals surface area contributed by atoms with Crippen LogP contribution in [0.25, 0.3) is 0 Å². The first-order valence-corrected chi connectivity index (χ1v) is 7.60. The van der Waals surface area contributed by atoms with Crippen molar-refractivity contribution in [2.24, 2.45) is 16.1 Å². The molecule has 0 saturated carbocycles. The molecule has 0 spiro atoms. The maximum Gasteiger partial charge on any atom is 0.313 e. The summed E-state index contributed by atoms with van der Waals surface area (Å²) in [7, 11) is 0. The molecular formula is C16H17FN2O5. The number of carbonyl (C=O) groups excluding carboxylic acids is 2. The van der Waals surface area contributed by atoms with Crippen LogP contribution in [0.5, 0.6) is 0 Å². The maximum atomic E-state index is 14.7. The van der Waals surface area contributed by atoms with Gasteiger partial charge in [-0.25, -0.2) is 4.39 Å². The smallest absolute Gasteiger partial charge is 0.313 e. The van der Waals surface area contributed by atoms with Gasteiger partial charge in [0.1, 0.15) is 18.1 Å². The Morgan fingerprint density at radius 1 is 1.42 bits per heavy atom. The van der Waals surface area contributed by atoms with Gasteiger partial charge < -0.3 is 14.6 Å². The van der Waals surface area contributed by atoms with Crippen molar-refractivity contribution in [1.29, 1.82) is 0 Å². The Morgan fingerprint density at radius 2 is 2.12 bits per heavy atom. The molecule has 7 nitrogen and oxygen atoms in total. The first kappa shape index (κ1) is 16.5. The van der Waals surface area contributed by atoms with E-state index in [-0.39, 0.29) is 12.1 Å². The van der Waals surface area contributed by atoms with E-state index in [4.69, 9.17) is 9.47 Å². The van der Waals surface area contributed by atoms with Gasteiger partial charge in [0.05, 0.1) is 6.54 Å². The second kappa shape index (κ2) is 6.64. The van der Waals surface area contributed by atoms with Crippen molar-refractivity contribution in [1.82, 2.24) is 0 Å². The molecule has 0 bridgehead atoms. The van der Waals surface area contributed by atoms with Crippen LogP contribution in [-0.4, -0.2) is 47.9 Å². The van der Waals surface area contributed by atoms with E-state index >= 15 is 0 Å². The summed E-state index contributed by atoms with van der Waals surface area (Å²) in [6.07, 6.45) is -5.93. The zero-order valence-corrected chi connectivity index (χ0v) is 12.9. The molecule has 0 aromatic heterocycles. The van der Waals surface area contributed by atoms with Crippen molar-refractivity contribution in [2.75, 3.05) is 6.54 Å². The number of rotatable bonds is 4. The fraction of sp³-hybridized carbons (Fsp3) is 0.500. The Kier molecular flexibility index (Phi) is 4.57. The van der Waals surface area contributed by atoms with E-state index in [1.165, 1.54) is 19.1 Å². The van der Waals surface area contributed by atoms with Gasteiger partial charge in [-0.2, -0.15) is 10.2 Å². The third-order valence-electron chi connectivity index (χ3n) is 4.18. The molecule has 6 atom stereocenters. The van der Waals surface area contributed by atoms with Crippen LogP contribution >= 0.6 is 0 Å². The number of nitrogens with zero attached hydrogens (tertiary/aromatic N) is 2. The Morgan fingerprint density at radius 3 is 2.79 bits per heavy atom. The maximum absolute atomic E-state index is 14.7. The van der Waals surface area contributed by atoms with Crippen LogP contribution in [0.3, 0.4) is 0 Å². The van der Waals surface area contributed by atoms with Crippen molar-refractivity contribution in [3.8, 4) is 0 Å². The highest BCUT2D eigenvalue weighted by Gasteiger charge is 2.54. The number of fused-ring (bicyclic) bond motifs is 1. The standard InChI is InChI=1S/C16H17FN2O5/c1-8(20)23-14-12-10(7-18-19-12)16(22)24-15(14)13(21)11(17)9-5-3-2-4-6-9/h2-6,10-15,21H,7H2,1H3/t10-,11-,12+,13+,14+,15+/m1/s1. The van der Waals surface area contributed by atoms with Crippen LogP contribution in [0, 0.1) is 5.92 Å². The highest BCUT2D eigenvalue weighted by atomic mass is 19.1. The Labute approximate surface area is 137 Å². The van der Waals surface area contributed by atoms with Gasteiger partial charge in [0, 0.05) is 6.92 Å². The van der Waals surface area contributed by atoms with Crippen molar-refractivity contribution in [3.05, 3.63) is 35.9 Å². The molecule has 2 aliphatic heterocycles. The highest BCUT2D eigenvalue weighted by Crippen LogP contribution is 2.36. The number of hydrogen-bond acceptors (Lipinski definition) is 7. The average molecular weight is 336 g/mol. The minimum absolute atomic E-state index is 0.127. The Bertz CT molecular complexity index is 653. The summed E-state index contributed by atoms with van der Waals surface area (Å²) < 4.78 is 25.0. The summed E-state index contributed by atoms with van der Waals surface area (Å²) in [5, 5.41) is 18.1. The van der Waals surface area contributed by atoms with Crippen LogP contribution in [0.1, 0.15) is 18.7 Å². The molecule has 1 fully saturated rings. The topological polar surface area (TPSA) is 97.6 Å². The molecule has 2 heterocycles.